The van der Waals surface area contributed by atoms with E-state index in [0.29, 0.717) is 23.7 Å². The highest BCUT2D eigenvalue weighted by molar-refractivity contribution is 7.99. The van der Waals surface area contributed by atoms with E-state index in [0.717, 1.165) is 42.6 Å². The third kappa shape index (κ3) is 8.65. The minimum absolute atomic E-state index is 0.0411. The molecule has 1 aliphatic carbocycles. The summed E-state index contributed by atoms with van der Waals surface area (Å²) in [6, 6.07) is 27.2. The Hall–Kier alpha value is -2.76. The average molecular weight is 535 g/mol. The molecule has 1 saturated carbocycles. The van der Waals surface area contributed by atoms with Crippen molar-refractivity contribution in [1.82, 2.24) is 10.2 Å². The molecule has 0 unspecified atom stereocenters. The standard InChI is InChI=1S/C31H35ClN2O2S/c32-27-16-10-15-26(19-27)21-34(30(35)23-37-22-25-13-6-2-7-14-25)29(20-24-11-4-1-5-12-24)31(36)33-28-17-8-3-9-18-28/h1-2,4-7,10-16,19,28-29H,3,8-9,17-18,20-23H2,(H,33,36)/t29-/m1/s1. The number of carbonyl (C=O) groups excluding carboxylic acids is 2. The quantitative estimate of drug-likeness (QED) is 0.299. The van der Waals surface area contributed by atoms with Crippen LogP contribution in [-0.2, 0) is 28.3 Å². The van der Waals surface area contributed by atoms with Gasteiger partial charge >= 0.3 is 0 Å². The topological polar surface area (TPSA) is 49.4 Å². The first-order valence-electron chi connectivity index (χ1n) is 13.1. The molecule has 1 aliphatic rings. The van der Waals surface area contributed by atoms with Crippen molar-refractivity contribution in [3.63, 3.8) is 0 Å². The number of halogens is 1. The summed E-state index contributed by atoms with van der Waals surface area (Å²) in [5.41, 5.74) is 3.13. The van der Waals surface area contributed by atoms with Crippen molar-refractivity contribution in [3.8, 4) is 0 Å². The molecule has 0 bridgehead atoms. The highest BCUT2D eigenvalue weighted by atomic mass is 35.5. The van der Waals surface area contributed by atoms with Crippen molar-refractivity contribution in [1.29, 1.82) is 0 Å². The molecule has 0 aromatic heterocycles. The molecule has 0 heterocycles. The molecule has 0 spiro atoms. The van der Waals surface area contributed by atoms with E-state index in [1.54, 1.807) is 16.7 Å². The Balaban J connectivity index is 1.56. The molecule has 1 atom stereocenters. The Bertz CT molecular complexity index is 1140. The number of rotatable bonds is 11. The first-order valence-corrected chi connectivity index (χ1v) is 14.6. The van der Waals surface area contributed by atoms with E-state index < -0.39 is 6.04 Å². The Morgan fingerprint density at radius 3 is 2.19 bits per heavy atom. The van der Waals surface area contributed by atoms with E-state index in [1.165, 1.54) is 12.0 Å². The molecular weight excluding hydrogens is 500 g/mol. The van der Waals surface area contributed by atoms with Crippen LogP contribution in [0.5, 0.6) is 0 Å². The van der Waals surface area contributed by atoms with Crippen molar-refractivity contribution in [2.24, 2.45) is 0 Å². The van der Waals surface area contributed by atoms with Crippen LogP contribution < -0.4 is 5.32 Å². The zero-order valence-corrected chi connectivity index (χ0v) is 22.7. The van der Waals surface area contributed by atoms with Gasteiger partial charge in [0.05, 0.1) is 5.75 Å². The van der Waals surface area contributed by atoms with Gasteiger partial charge in [0.25, 0.3) is 0 Å². The third-order valence-electron chi connectivity index (χ3n) is 6.80. The average Bonchev–Trinajstić information content (AvgIpc) is 2.92. The number of thioether (sulfide) groups is 1. The molecule has 6 heteroatoms. The van der Waals surface area contributed by atoms with Gasteiger partial charge in [-0.05, 0) is 41.7 Å². The fourth-order valence-corrected chi connectivity index (χ4v) is 5.93. The van der Waals surface area contributed by atoms with Crippen LogP contribution in [0.2, 0.25) is 5.02 Å². The highest BCUT2D eigenvalue weighted by Crippen LogP contribution is 2.22. The van der Waals surface area contributed by atoms with Crippen LogP contribution in [0.4, 0.5) is 0 Å². The summed E-state index contributed by atoms with van der Waals surface area (Å²) in [6.45, 7) is 0.334. The van der Waals surface area contributed by atoms with Gasteiger partial charge in [-0.1, -0.05) is 104 Å². The van der Waals surface area contributed by atoms with Crippen LogP contribution in [0.1, 0.15) is 48.8 Å². The minimum atomic E-state index is -0.604. The van der Waals surface area contributed by atoms with Gasteiger partial charge in [0, 0.05) is 29.8 Å². The van der Waals surface area contributed by atoms with Gasteiger partial charge in [-0.3, -0.25) is 9.59 Å². The lowest BCUT2D eigenvalue weighted by Gasteiger charge is -2.33. The molecule has 2 amide bonds. The summed E-state index contributed by atoms with van der Waals surface area (Å²) in [7, 11) is 0. The molecule has 194 valence electrons. The molecule has 1 fully saturated rings. The van der Waals surface area contributed by atoms with Crippen LogP contribution in [0.3, 0.4) is 0 Å². The second-order valence-corrected chi connectivity index (χ2v) is 11.1. The van der Waals surface area contributed by atoms with E-state index in [4.69, 9.17) is 11.6 Å². The third-order valence-corrected chi connectivity index (χ3v) is 8.03. The summed E-state index contributed by atoms with van der Waals surface area (Å²) in [6.07, 6.45) is 5.95. The van der Waals surface area contributed by atoms with Gasteiger partial charge in [-0.15, -0.1) is 11.8 Å². The van der Waals surface area contributed by atoms with Crippen LogP contribution in [-0.4, -0.2) is 34.6 Å². The van der Waals surface area contributed by atoms with Crippen LogP contribution in [0, 0.1) is 0 Å². The summed E-state index contributed by atoms with van der Waals surface area (Å²) in [5, 5.41) is 3.91. The molecule has 3 aromatic rings. The van der Waals surface area contributed by atoms with Gasteiger partial charge in [0.1, 0.15) is 6.04 Å². The van der Waals surface area contributed by atoms with E-state index in [-0.39, 0.29) is 17.9 Å². The molecule has 1 N–H and O–H groups in total. The number of amides is 2. The monoisotopic (exact) mass is 534 g/mol. The second-order valence-electron chi connectivity index (χ2n) is 9.68. The molecule has 0 saturated heterocycles. The Kier molecular flexibility index (Phi) is 10.5. The van der Waals surface area contributed by atoms with Gasteiger partial charge < -0.3 is 10.2 Å². The van der Waals surface area contributed by atoms with Crippen molar-refractivity contribution in [2.75, 3.05) is 5.75 Å². The number of benzene rings is 3. The number of hydrogen-bond donors (Lipinski definition) is 1. The molecule has 0 radical (unpaired) electrons. The fourth-order valence-electron chi connectivity index (χ4n) is 4.84. The number of hydrogen-bond acceptors (Lipinski definition) is 3. The summed E-state index contributed by atoms with van der Waals surface area (Å²) >= 11 is 7.85. The molecule has 4 nitrogen and oxygen atoms in total. The lowest BCUT2D eigenvalue weighted by Crippen LogP contribution is -2.53. The Labute approximate surface area is 229 Å². The van der Waals surface area contributed by atoms with Gasteiger partial charge in [0.15, 0.2) is 0 Å². The van der Waals surface area contributed by atoms with Crippen molar-refractivity contribution in [2.45, 2.75) is 62.9 Å². The van der Waals surface area contributed by atoms with E-state index in [1.807, 2.05) is 72.8 Å². The van der Waals surface area contributed by atoms with E-state index in [2.05, 4.69) is 17.4 Å². The van der Waals surface area contributed by atoms with Crippen molar-refractivity contribution >= 4 is 35.2 Å². The molecular formula is C31H35ClN2O2S. The van der Waals surface area contributed by atoms with Crippen LogP contribution in [0.15, 0.2) is 84.9 Å². The number of carbonyl (C=O) groups is 2. The predicted octanol–water partition coefficient (Wildman–Crippen LogP) is 6.66. The van der Waals surface area contributed by atoms with Crippen LogP contribution in [0.25, 0.3) is 0 Å². The molecule has 0 aliphatic heterocycles. The first-order chi connectivity index (χ1) is 18.1. The minimum Gasteiger partial charge on any atom is -0.352 e. The maximum absolute atomic E-state index is 13.8. The predicted molar refractivity (Wildman–Crippen MR) is 154 cm³/mol. The van der Waals surface area contributed by atoms with E-state index in [9.17, 15) is 9.59 Å². The highest BCUT2D eigenvalue weighted by Gasteiger charge is 2.31. The zero-order valence-electron chi connectivity index (χ0n) is 21.2. The van der Waals surface area contributed by atoms with Gasteiger partial charge in [-0.25, -0.2) is 0 Å². The Morgan fingerprint density at radius 2 is 1.51 bits per heavy atom. The fraction of sp³-hybridized carbons (Fsp3) is 0.355. The van der Waals surface area contributed by atoms with Crippen LogP contribution >= 0.6 is 23.4 Å². The Morgan fingerprint density at radius 1 is 0.865 bits per heavy atom. The van der Waals surface area contributed by atoms with Crippen molar-refractivity contribution in [3.05, 3.63) is 107 Å². The maximum Gasteiger partial charge on any atom is 0.243 e. The summed E-state index contributed by atoms with van der Waals surface area (Å²) in [4.78, 5) is 29.3. The smallest absolute Gasteiger partial charge is 0.243 e. The lowest BCUT2D eigenvalue weighted by atomic mass is 9.94. The van der Waals surface area contributed by atoms with Crippen molar-refractivity contribution < 1.29 is 9.59 Å². The lowest BCUT2D eigenvalue weighted by molar-refractivity contribution is -0.139. The molecule has 3 aromatic carbocycles. The number of nitrogens with zero attached hydrogens (tertiary/aromatic N) is 1. The SMILES string of the molecule is O=C(NC1CCCCC1)[C@@H](Cc1ccccc1)N(Cc1cccc(Cl)c1)C(=O)CSCc1ccccc1. The largest absolute Gasteiger partial charge is 0.352 e. The van der Waals surface area contributed by atoms with Gasteiger partial charge in [-0.2, -0.15) is 0 Å². The maximum atomic E-state index is 13.8. The summed E-state index contributed by atoms with van der Waals surface area (Å²) in [5.74, 6) is 0.937. The summed E-state index contributed by atoms with van der Waals surface area (Å²) < 4.78 is 0. The first kappa shape index (κ1) is 27.3. The molecule has 37 heavy (non-hydrogen) atoms. The molecule has 4 rings (SSSR count). The van der Waals surface area contributed by atoms with E-state index >= 15 is 0 Å². The second kappa shape index (κ2) is 14.3. The zero-order chi connectivity index (χ0) is 25.9. The normalized spacial score (nSPS) is 14.6. The van der Waals surface area contributed by atoms with Gasteiger partial charge in [0.2, 0.25) is 11.8 Å². The number of nitrogens with one attached hydrogen (secondary N) is 1.